The molecule has 0 fully saturated rings. The van der Waals surface area contributed by atoms with Crippen molar-refractivity contribution in [2.24, 2.45) is 7.05 Å². The molecule has 3 aromatic rings. The molecule has 3 rings (SSSR count). The van der Waals surface area contributed by atoms with E-state index in [2.05, 4.69) is 80.4 Å². The van der Waals surface area contributed by atoms with Crippen LogP contribution in [0.25, 0.3) is 22.0 Å². The van der Waals surface area contributed by atoms with Gasteiger partial charge in [-0.2, -0.15) is 4.57 Å². The van der Waals surface area contributed by atoms with Crippen LogP contribution < -0.4 is 9.75 Å². The third-order valence-corrected chi connectivity index (χ3v) is 6.74. The number of aromatic nitrogens is 2. The summed E-state index contributed by atoms with van der Waals surface area (Å²) in [5.41, 5.74) is 5.00. The van der Waals surface area contributed by atoms with Gasteiger partial charge in [0.25, 0.3) is 0 Å². The molecule has 2 heterocycles. The Morgan fingerprint density at radius 2 is 1.74 bits per heavy atom. The van der Waals surface area contributed by atoms with Crippen molar-refractivity contribution in [3.63, 3.8) is 0 Å². The van der Waals surface area contributed by atoms with Gasteiger partial charge in [0.2, 0.25) is 5.69 Å². The Morgan fingerprint density at radius 3 is 2.39 bits per heavy atom. The first-order chi connectivity index (χ1) is 10.8. The van der Waals surface area contributed by atoms with Crippen molar-refractivity contribution in [3.05, 3.63) is 54.0 Å². The number of hydrogen-bond acceptors (Lipinski definition) is 1. The van der Waals surface area contributed by atoms with Crippen LogP contribution in [-0.4, -0.2) is 13.1 Å². The zero-order chi connectivity index (χ0) is 16.8. The first-order valence-corrected chi connectivity index (χ1v) is 11.6. The van der Waals surface area contributed by atoms with Gasteiger partial charge >= 0.3 is 0 Å². The molecule has 2 nitrogen and oxygen atoms in total. The smallest absolute Gasteiger partial charge is 0.222 e. The lowest BCUT2D eigenvalue weighted by molar-refractivity contribution is -0.665. The van der Waals surface area contributed by atoms with Gasteiger partial charge in [-0.3, -0.25) is 4.98 Å². The molecule has 0 saturated heterocycles. The molecule has 118 valence electrons. The van der Waals surface area contributed by atoms with Crippen LogP contribution in [0.1, 0.15) is 11.3 Å². The summed E-state index contributed by atoms with van der Waals surface area (Å²) < 4.78 is 2.28. The number of fused-ring (bicyclic) bond motifs is 1. The fourth-order valence-corrected chi connectivity index (χ4v) is 4.25. The van der Waals surface area contributed by atoms with Gasteiger partial charge in [0, 0.05) is 25.4 Å². The van der Waals surface area contributed by atoms with Crippen molar-refractivity contribution >= 4 is 24.0 Å². The van der Waals surface area contributed by atoms with E-state index in [0.29, 0.717) is 0 Å². The van der Waals surface area contributed by atoms with E-state index in [1.54, 1.807) is 0 Å². The predicted octanol–water partition coefficient (Wildman–Crippen LogP) is 3.89. The van der Waals surface area contributed by atoms with Crippen molar-refractivity contribution < 1.29 is 4.57 Å². The Labute approximate surface area is 139 Å². The highest BCUT2D eigenvalue weighted by Gasteiger charge is 2.22. The van der Waals surface area contributed by atoms with Gasteiger partial charge in [0.15, 0.2) is 5.69 Å². The van der Waals surface area contributed by atoms with E-state index >= 15 is 0 Å². The largest absolute Gasteiger partial charge is 0.264 e. The lowest BCUT2D eigenvalue weighted by Gasteiger charge is -2.18. The first-order valence-electron chi connectivity index (χ1n) is 8.14. The lowest BCUT2D eigenvalue weighted by Crippen LogP contribution is -2.38. The summed E-state index contributed by atoms with van der Waals surface area (Å²) in [6, 6.07) is 11.4. The SMILES string of the molecule is Cc1ccncc1-c1c2ccc([Si](C)(C)C)cc2cc(C)[n+]1C. The Balaban J connectivity index is 2.38. The number of aryl methyl sites for hydroxylation is 2. The molecule has 0 radical (unpaired) electrons. The number of hydrogen-bond donors (Lipinski definition) is 0. The molecular weight excluding hydrogens is 296 g/mol. The Bertz CT molecular complexity index is 892. The van der Waals surface area contributed by atoms with Crippen LogP contribution in [0.4, 0.5) is 0 Å². The standard InChI is InChI=1S/C20H25N2Si/c1-14-9-10-21-13-19(14)20-18-8-7-17(23(4,5)6)12-16(18)11-15(2)22(20)3/h7-13H,1-6H3/q+1. The summed E-state index contributed by atoms with van der Waals surface area (Å²) in [6.07, 6.45) is 3.84. The van der Waals surface area contributed by atoms with Crippen LogP contribution in [0.3, 0.4) is 0 Å². The second-order valence-corrected chi connectivity index (χ2v) is 12.5. The Hall–Kier alpha value is -2.00. The van der Waals surface area contributed by atoms with E-state index in [9.17, 15) is 0 Å². The minimum absolute atomic E-state index is 1.21. The number of nitrogens with zero attached hydrogens (tertiary/aromatic N) is 2. The highest BCUT2D eigenvalue weighted by atomic mass is 28.3. The van der Waals surface area contributed by atoms with Crippen molar-refractivity contribution in [2.75, 3.05) is 0 Å². The van der Waals surface area contributed by atoms with Crippen molar-refractivity contribution in [3.8, 4) is 11.3 Å². The highest BCUT2D eigenvalue weighted by Crippen LogP contribution is 2.27. The van der Waals surface area contributed by atoms with Gasteiger partial charge in [0.1, 0.15) is 7.05 Å². The normalized spacial score (nSPS) is 11.9. The number of pyridine rings is 2. The summed E-state index contributed by atoms with van der Waals surface area (Å²) >= 11 is 0. The van der Waals surface area contributed by atoms with Crippen molar-refractivity contribution in [1.82, 2.24) is 4.98 Å². The molecule has 3 heteroatoms. The van der Waals surface area contributed by atoms with Crippen LogP contribution in [0.15, 0.2) is 42.7 Å². The van der Waals surface area contributed by atoms with Crippen LogP contribution in [-0.2, 0) is 7.05 Å². The second kappa shape index (κ2) is 5.57. The molecular formula is C20H25N2Si+. The zero-order valence-corrected chi connectivity index (χ0v) is 15.9. The molecule has 0 aliphatic carbocycles. The maximum absolute atomic E-state index is 4.35. The van der Waals surface area contributed by atoms with Crippen LogP contribution in [0.2, 0.25) is 19.6 Å². The lowest BCUT2D eigenvalue weighted by atomic mass is 10.0. The molecule has 0 atom stereocenters. The van der Waals surface area contributed by atoms with Gasteiger partial charge in [-0.05, 0) is 30.0 Å². The summed E-state index contributed by atoms with van der Waals surface area (Å²) in [5, 5.41) is 4.14. The van der Waals surface area contributed by atoms with Crippen LogP contribution in [0, 0.1) is 13.8 Å². The van der Waals surface area contributed by atoms with Gasteiger partial charge < -0.3 is 0 Å². The molecule has 0 amide bonds. The molecule has 0 aliphatic heterocycles. The average molecular weight is 322 g/mol. The quantitative estimate of drug-likeness (QED) is 0.517. The van der Waals surface area contributed by atoms with Crippen molar-refractivity contribution in [2.45, 2.75) is 33.5 Å². The summed E-state index contributed by atoms with van der Waals surface area (Å²) in [5.74, 6) is 0. The van der Waals surface area contributed by atoms with Gasteiger partial charge in [-0.25, -0.2) is 0 Å². The molecule has 0 N–H and O–H groups in total. The molecule has 23 heavy (non-hydrogen) atoms. The Morgan fingerprint density at radius 1 is 1.00 bits per heavy atom. The van der Waals surface area contributed by atoms with E-state index in [0.717, 1.165) is 0 Å². The molecule has 0 saturated carbocycles. The summed E-state index contributed by atoms with van der Waals surface area (Å²) in [7, 11) is 0.834. The molecule has 0 unspecified atom stereocenters. The zero-order valence-electron chi connectivity index (χ0n) is 14.9. The van der Waals surface area contributed by atoms with E-state index in [4.69, 9.17) is 0 Å². The monoisotopic (exact) mass is 321 g/mol. The van der Waals surface area contributed by atoms with Crippen molar-refractivity contribution in [1.29, 1.82) is 0 Å². The topological polar surface area (TPSA) is 16.8 Å². The number of rotatable bonds is 2. The maximum atomic E-state index is 4.35. The van der Waals surface area contributed by atoms with E-state index in [-0.39, 0.29) is 0 Å². The maximum Gasteiger partial charge on any atom is 0.222 e. The third kappa shape index (κ3) is 2.81. The van der Waals surface area contributed by atoms with Gasteiger partial charge in [-0.1, -0.05) is 37.0 Å². The van der Waals surface area contributed by atoms with Gasteiger partial charge in [0.05, 0.1) is 19.0 Å². The Kier molecular flexibility index (Phi) is 3.84. The van der Waals surface area contributed by atoms with E-state index in [1.807, 2.05) is 12.4 Å². The van der Waals surface area contributed by atoms with E-state index in [1.165, 1.54) is 38.5 Å². The first kappa shape index (κ1) is 15.9. The van der Waals surface area contributed by atoms with Crippen LogP contribution in [0.5, 0.6) is 0 Å². The predicted molar refractivity (Wildman–Crippen MR) is 101 cm³/mol. The molecule has 0 spiro atoms. The van der Waals surface area contributed by atoms with Gasteiger partial charge in [-0.15, -0.1) is 0 Å². The minimum atomic E-state index is -1.31. The fourth-order valence-electron chi connectivity index (χ4n) is 3.08. The summed E-state index contributed by atoms with van der Waals surface area (Å²) in [4.78, 5) is 4.35. The number of benzene rings is 1. The molecule has 0 bridgehead atoms. The minimum Gasteiger partial charge on any atom is -0.264 e. The molecule has 0 aliphatic rings. The third-order valence-electron chi connectivity index (χ3n) is 4.70. The van der Waals surface area contributed by atoms with Crippen LogP contribution >= 0.6 is 0 Å². The molecule has 2 aromatic heterocycles. The fraction of sp³-hybridized carbons (Fsp3) is 0.300. The highest BCUT2D eigenvalue weighted by molar-refractivity contribution is 6.88. The summed E-state index contributed by atoms with van der Waals surface area (Å²) in [6.45, 7) is 11.5. The average Bonchev–Trinajstić information content (AvgIpc) is 2.48. The van der Waals surface area contributed by atoms with E-state index < -0.39 is 8.07 Å². The second-order valence-electron chi connectivity index (χ2n) is 7.44. The molecule has 1 aromatic carbocycles.